The summed E-state index contributed by atoms with van der Waals surface area (Å²) < 4.78 is 2.05. The molecule has 2 aromatic rings. The Kier molecular flexibility index (Phi) is 15.6. The zero-order valence-corrected chi connectivity index (χ0v) is 30.0. The summed E-state index contributed by atoms with van der Waals surface area (Å²) in [4.78, 5) is 7.99. The maximum atomic E-state index is 5.17. The van der Waals surface area contributed by atoms with Crippen molar-refractivity contribution in [2.45, 2.75) is 143 Å². The van der Waals surface area contributed by atoms with Gasteiger partial charge in [0, 0.05) is 12.2 Å². The summed E-state index contributed by atoms with van der Waals surface area (Å²) in [5.41, 5.74) is 9.35. The van der Waals surface area contributed by atoms with Crippen LogP contribution in [0.1, 0.15) is 147 Å². The molecule has 0 bridgehead atoms. The number of hydrogen-bond acceptors (Lipinski definition) is 3. The van der Waals surface area contributed by atoms with Crippen molar-refractivity contribution in [1.82, 2.24) is 19.7 Å². The average Bonchev–Trinajstić information content (AvgIpc) is 3.22. The fraction of sp³-hybridized carbons (Fsp3) is 0.619. The summed E-state index contributed by atoms with van der Waals surface area (Å²) in [6, 6.07) is 6.43. The third-order valence-corrected chi connectivity index (χ3v) is 10.2. The van der Waals surface area contributed by atoms with Crippen LogP contribution in [0.4, 0.5) is 0 Å². The lowest BCUT2D eigenvalue weighted by molar-refractivity contribution is 0.213. The van der Waals surface area contributed by atoms with Gasteiger partial charge in [0.25, 0.3) is 0 Å². The molecule has 0 aromatic carbocycles. The van der Waals surface area contributed by atoms with Gasteiger partial charge in [0.1, 0.15) is 0 Å². The fourth-order valence-corrected chi connectivity index (χ4v) is 7.40. The van der Waals surface area contributed by atoms with E-state index in [4.69, 9.17) is 10.1 Å². The van der Waals surface area contributed by atoms with Crippen LogP contribution < -0.4 is 0 Å². The number of rotatable bonds is 13. The molecule has 252 valence electrons. The molecule has 0 radical (unpaired) electrons. The first-order valence-electron chi connectivity index (χ1n) is 18.9. The number of aryl methyl sites for hydroxylation is 1. The summed E-state index contributed by atoms with van der Waals surface area (Å²) in [6.45, 7) is 16.9. The summed E-state index contributed by atoms with van der Waals surface area (Å²) in [5, 5.41) is 4.71. The minimum Gasteiger partial charge on any atom is -0.303 e. The van der Waals surface area contributed by atoms with Crippen molar-refractivity contribution < 1.29 is 0 Å². The molecule has 1 aliphatic carbocycles. The maximum absolute atomic E-state index is 5.17. The first-order chi connectivity index (χ1) is 22.4. The molecule has 4 rings (SSSR count). The molecule has 2 aromatic heterocycles. The van der Waals surface area contributed by atoms with Gasteiger partial charge in [-0.3, -0.25) is 0 Å². The van der Waals surface area contributed by atoms with E-state index >= 15 is 0 Å². The van der Waals surface area contributed by atoms with Crippen LogP contribution in [-0.4, -0.2) is 39.3 Å². The van der Waals surface area contributed by atoms with Crippen molar-refractivity contribution in [3.63, 3.8) is 0 Å². The van der Waals surface area contributed by atoms with Gasteiger partial charge >= 0.3 is 0 Å². The van der Waals surface area contributed by atoms with E-state index in [1.54, 1.807) is 11.1 Å². The van der Waals surface area contributed by atoms with Gasteiger partial charge in [-0.25, -0.2) is 9.67 Å². The molecule has 0 unspecified atom stereocenters. The van der Waals surface area contributed by atoms with Gasteiger partial charge < -0.3 is 4.90 Å². The smallest absolute Gasteiger partial charge is 0.154 e. The molecule has 1 saturated carbocycles. The van der Waals surface area contributed by atoms with Gasteiger partial charge in [-0.1, -0.05) is 74.5 Å². The summed E-state index contributed by atoms with van der Waals surface area (Å²) in [7, 11) is 0. The number of nitrogens with zero attached hydrogens (tertiary/aromatic N) is 4. The highest BCUT2D eigenvalue weighted by molar-refractivity contribution is 5.63. The first kappa shape index (κ1) is 36.1. The lowest BCUT2D eigenvalue weighted by atomic mass is 9.95. The standard InChI is InChI=1S/C42H64N4/c1-6-19-41-36(5)32-43-46(41)42-29-18-28-40(44-42)39(26-16-20-34(2)3)27-17-25-38-24-12-9-14-30-45(31-15-13-21-35(38)4)33-37-22-10-7-8-11-23-37/h12,18,24,26,28-29,32,37H,2,6-11,13-17,19-23,25,27,30-31,33H2,1,3-5H3/b24-12-,38-35+,39-26+. The Morgan fingerprint density at radius 3 is 2.57 bits per heavy atom. The summed E-state index contributed by atoms with van der Waals surface area (Å²) >= 11 is 0. The van der Waals surface area contributed by atoms with Crippen LogP contribution in [0.5, 0.6) is 0 Å². The summed E-state index contributed by atoms with van der Waals surface area (Å²) in [5.74, 6) is 1.86. The Hall–Kier alpha value is -2.72. The molecule has 4 heteroatoms. The van der Waals surface area contributed by atoms with E-state index < -0.39 is 0 Å². The Morgan fingerprint density at radius 2 is 1.78 bits per heavy atom. The molecule has 3 heterocycles. The highest BCUT2D eigenvalue weighted by atomic mass is 15.3. The topological polar surface area (TPSA) is 34.0 Å². The van der Waals surface area contributed by atoms with Gasteiger partial charge in [-0.15, -0.1) is 6.58 Å². The van der Waals surface area contributed by atoms with Crippen LogP contribution in [-0.2, 0) is 6.42 Å². The Morgan fingerprint density at radius 1 is 0.978 bits per heavy atom. The van der Waals surface area contributed by atoms with E-state index in [1.165, 1.54) is 113 Å². The van der Waals surface area contributed by atoms with E-state index in [2.05, 4.69) is 75.6 Å². The Labute approximate surface area is 282 Å². The lowest BCUT2D eigenvalue weighted by Crippen LogP contribution is -2.31. The molecule has 0 saturated heterocycles. The SMILES string of the molecule is C=C(C)CC/C=C(\CCCC1=C(\C)CCCCN(CC2CCCCCC2)CCC/C=C\1)c1cccc(-n2ncc(C)c2CCC)n1. The van der Waals surface area contributed by atoms with Crippen molar-refractivity contribution in [1.29, 1.82) is 0 Å². The third kappa shape index (κ3) is 11.8. The van der Waals surface area contributed by atoms with Crippen LogP contribution in [0.25, 0.3) is 11.4 Å². The van der Waals surface area contributed by atoms with Crippen LogP contribution in [0.3, 0.4) is 0 Å². The minimum absolute atomic E-state index is 0.924. The van der Waals surface area contributed by atoms with Crippen molar-refractivity contribution in [2.24, 2.45) is 5.92 Å². The molecular weight excluding hydrogens is 560 g/mol. The predicted octanol–water partition coefficient (Wildman–Crippen LogP) is 11.5. The highest BCUT2D eigenvalue weighted by Gasteiger charge is 2.17. The molecular formula is C42H64N4. The third-order valence-electron chi connectivity index (χ3n) is 10.2. The normalized spacial score (nSPS) is 20.6. The number of allylic oxidation sites excluding steroid dienone is 7. The van der Waals surface area contributed by atoms with Crippen LogP contribution in [0.15, 0.2) is 65.9 Å². The van der Waals surface area contributed by atoms with Gasteiger partial charge in [0.05, 0.1) is 11.9 Å². The molecule has 46 heavy (non-hydrogen) atoms. The molecule has 2 aliphatic rings. The molecule has 0 atom stereocenters. The lowest BCUT2D eigenvalue weighted by Gasteiger charge is -2.27. The number of aromatic nitrogens is 3. The summed E-state index contributed by atoms with van der Waals surface area (Å²) in [6.07, 6.45) is 31.8. The molecule has 1 fully saturated rings. The van der Waals surface area contributed by atoms with Gasteiger partial charge in [0.2, 0.25) is 0 Å². The van der Waals surface area contributed by atoms with Crippen LogP contribution >= 0.6 is 0 Å². The van der Waals surface area contributed by atoms with Gasteiger partial charge in [-0.2, -0.15) is 5.10 Å². The second-order valence-corrected chi connectivity index (χ2v) is 14.4. The first-order valence-corrected chi connectivity index (χ1v) is 18.9. The number of hydrogen-bond donors (Lipinski definition) is 0. The highest BCUT2D eigenvalue weighted by Crippen LogP contribution is 2.28. The van der Waals surface area contributed by atoms with E-state index in [0.717, 1.165) is 62.4 Å². The molecule has 0 amide bonds. The zero-order chi connectivity index (χ0) is 32.6. The average molecular weight is 625 g/mol. The van der Waals surface area contributed by atoms with Crippen molar-refractivity contribution in [2.75, 3.05) is 19.6 Å². The van der Waals surface area contributed by atoms with Crippen LogP contribution in [0, 0.1) is 12.8 Å². The Balaban J connectivity index is 1.39. The quantitative estimate of drug-likeness (QED) is 0.164. The van der Waals surface area contributed by atoms with Crippen molar-refractivity contribution in [3.05, 3.63) is 82.9 Å². The second-order valence-electron chi connectivity index (χ2n) is 14.4. The number of pyridine rings is 1. The van der Waals surface area contributed by atoms with E-state index in [1.807, 2.05) is 10.9 Å². The van der Waals surface area contributed by atoms with Gasteiger partial charge in [0.15, 0.2) is 5.82 Å². The van der Waals surface area contributed by atoms with Crippen molar-refractivity contribution >= 4 is 5.57 Å². The van der Waals surface area contributed by atoms with E-state index in [-0.39, 0.29) is 0 Å². The Bertz CT molecular complexity index is 1300. The van der Waals surface area contributed by atoms with Crippen molar-refractivity contribution in [3.8, 4) is 5.82 Å². The molecule has 0 N–H and O–H groups in total. The second kappa shape index (κ2) is 19.8. The fourth-order valence-electron chi connectivity index (χ4n) is 7.40. The van der Waals surface area contributed by atoms with Gasteiger partial charge in [-0.05, 0) is 152 Å². The monoisotopic (exact) mass is 625 g/mol. The predicted molar refractivity (Wildman–Crippen MR) is 199 cm³/mol. The molecule has 1 aliphatic heterocycles. The zero-order valence-electron chi connectivity index (χ0n) is 30.0. The molecule has 0 spiro atoms. The van der Waals surface area contributed by atoms with E-state index in [9.17, 15) is 0 Å². The largest absolute Gasteiger partial charge is 0.303 e. The molecule has 4 nitrogen and oxygen atoms in total. The van der Waals surface area contributed by atoms with Crippen LogP contribution in [0.2, 0.25) is 0 Å². The minimum atomic E-state index is 0.924. The maximum Gasteiger partial charge on any atom is 0.154 e. The van der Waals surface area contributed by atoms with E-state index in [0.29, 0.717) is 0 Å².